The van der Waals surface area contributed by atoms with Crippen LogP contribution in [0.3, 0.4) is 0 Å². The molecule has 6 nitrogen and oxygen atoms in total. The maximum atomic E-state index is 11.2. The highest BCUT2D eigenvalue weighted by atomic mass is 16.7. The summed E-state index contributed by atoms with van der Waals surface area (Å²) in [4.78, 5) is 32.4. The summed E-state index contributed by atoms with van der Waals surface area (Å²) in [6.07, 6.45) is -0.981. The van der Waals surface area contributed by atoms with E-state index in [9.17, 15) is 14.4 Å². The molecule has 6 heteroatoms. The van der Waals surface area contributed by atoms with Crippen LogP contribution in [0.25, 0.3) is 0 Å². The van der Waals surface area contributed by atoms with E-state index in [-0.39, 0.29) is 6.61 Å². The molecule has 0 amide bonds. The third-order valence-electron chi connectivity index (χ3n) is 1.19. The van der Waals surface area contributed by atoms with Crippen LogP contribution in [0, 0.1) is 0 Å². The van der Waals surface area contributed by atoms with Crippen molar-refractivity contribution in [2.75, 3.05) is 6.61 Å². The van der Waals surface area contributed by atoms with Crippen molar-refractivity contribution in [1.82, 2.24) is 0 Å². The minimum atomic E-state index is -1.61. The van der Waals surface area contributed by atoms with Gasteiger partial charge in [-0.05, 0) is 6.42 Å². The van der Waals surface area contributed by atoms with E-state index in [0.29, 0.717) is 6.42 Å². The van der Waals surface area contributed by atoms with Crippen molar-refractivity contribution in [3.05, 3.63) is 0 Å². The molecule has 0 heterocycles. The number of hydrogen-bond acceptors (Lipinski definition) is 6. The average molecular weight is 218 g/mol. The Hall–Kier alpha value is -1.59. The van der Waals surface area contributed by atoms with Gasteiger partial charge in [0, 0.05) is 13.8 Å². The molecule has 0 N–H and O–H groups in total. The highest BCUT2D eigenvalue weighted by Gasteiger charge is 2.26. The zero-order valence-corrected chi connectivity index (χ0v) is 8.94. The highest BCUT2D eigenvalue weighted by molar-refractivity contribution is 5.80. The van der Waals surface area contributed by atoms with Gasteiger partial charge in [-0.15, -0.1) is 0 Å². The monoisotopic (exact) mass is 218 g/mol. The molecule has 0 saturated carbocycles. The molecular weight excluding hydrogens is 204 g/mol. The Morgan fingerprint density at radius 3 is 1.87 bits per heavy atom. The van der Waals surface area contributed by atoms with Crippen molar-refractivity contribution in [3.63, 3.8) is 0 Å². The van der Waals surface area contributed by atoms with E-state index in [0.717, 1.165) is 13.8 Å². The van der Waals surface area contributed by atoms with Crippen molar-refractivity contribution in [1.29, 1.82) is 0 Å². The molecule has 0 aromatic heterocycles. The van der Waals surface area contributed by atoms with Crippen molar-refractivity contribution in [2.24, 2.45) is 0 Å². The van der Waals surface area contributed by atoms with Crippen LogP contribution >= 0.6 is 0 Å². The quantitative estimate of drug-likeness (QED) is 0.490. The lowest BCUT2D eigenvalue weighted by Gasteiger charge is -2.14. The molecule has 0 unspecified atom stereocenters. The second-order valence-corrected chi connectivity index (χ2v) is 2.72. The molecule has 0 fully saturated rings. The van der Waals surface area contributed by atoms with Crippen LogP contribution < -0.4 is 0 Å². The summed E-state index contributed by atoms with van der Waals surface area (Å²) in [6, 6.07) is 0. The Morgan fingerprint density at radius 1 is 1.07 bits per heavy atom. The first-order valence-corrected chi connectivity index (χ1v) is 4.48. The Morgan fingerprint density at radius 2 is 1.53 bits per heavy atom. The Labute approximate surface area is 87.5 Å². The third kappa shape index (κ3) is 6.48. The second-order valence-electron chi connectivity index (χ2n) is 2.72. The van der Waals surface area contributed by atoms with Crippen molar-refractivity contribution in [2.45, 2.75) is 33.5 Å². The maximum absolute atomic E-state index is 11.2. The van der Waals surface area contributed by atoms with Crippen LogP contribution in [0.2, 0.25) is 0 Å². The molecule has 0 aliphatic heterocycles. The van der Waals surface area contributed by atoms with Gasteiger partial charge in [-0.25, -0.2) is 4.79 Å². The maximum Gasteiger partial charge on any atom is 0.389 e. The number of carbonyl (C=O) groups excluding carboxylic acids is 3. The molecule has 0 radical (unpaired) electrons. The van der Waals surface area contributed by atoms with E-state index < -0.39 is 24.2 Å². The van der Waals surface area contributed by atoms with E-state index in [1.54, 1.807) is 6.92 Å². The molecule has 0 rings (SSSR count). The zero-order valence-electron chi connectivity index (χ0n) is 8.94. The van der Waals surface area contributed by atoms with Gasteiger partial charge in [0.25, 0.3) is 0 Å². The predicted octanol–water partition coefficient (Wildman–Crippen LogP) is 0.392. The Kier molecular flexibility index (Phi) is 6.08. The van der Waals surface area contributed by atoms with Gasteiger partial charge in [-0.2, -0.15) is 0 Å². The van der Waals surface area contributed by atoms with Crippen LogP contribution in [-0.4, -0.2) is 30.8 Å². The number of rotatable bonds is 5. The van der Waals surface area contributed by atoms with Crippen LogP contribution in [0.5, 0.6) is 0 Å². The standard InChI is InChI=1S/C9H14O6/c1-4-5-13-8(12)9(14-6(2)10)15-7(3)11/h9H,4-5H2,1-3H3. The van der Waals surface area contributed by atoms with E-state index in [1.165, 1.54) is 0 Å². The van der Waals surface area contributed by atoms with E-state index >= 15 is 0 Å². The lowest BCUT2D eigenvalue weighted by molar-refractivity contribution is -0.202. The Balaban J connectivity index is 4.26. The van der Waals surface area contributed by atoms with E-state index in [2.05, 4.69) is 14.2 Å². The fraction of sp³-hybridized carbons (Fsp3) is 0.667. The van der Waals surface area contributed by atoms with E-state index in [1.807, 2.05) is 0 Å². The minimum Gasteiger partial charge on any atom is -0.460 e. The molecule has 0 aromatic carbocycles. The molecule has 0 bridgehead atoms. The van der Waals surface area contributed by atoms with Gasteiger partial charge in [0.05, 0.1) is 6.61 Å². The zero-order chi connectivity index (χ0) is 11.8. The summed E-state index contributed by atoms with van der Waals surface area (Å²) in [5.74, 6) is -2.34. The lowest BCUT2D eigenvalue weighted by atomic mass is 10.5. The van der Waals surface area contributed by atoms with Crippen LogP contribution in [0.1, 0.15) is 27.2 Å². The summed E-state index contributed by atoms with van der Waals surface area (Å²) >= 11 is 0. The summed E-state index contributed by atoms with van der Waals surface area (Å²) < 4.78 is 13.6. The third-order valence-corrected chi connectivity index (χ3v) is 1.19. The topological polar surface area (TPSA) is 78.9 Å². The molecule has 0 atom stereocenters. The smallest absolute Gasteiger partial charge is 0.389 e. The van der Waals surface area contributed by atoms with Gasteiger partial charge in [-0.1, -0.05) is 6.92 Å². The van der Waals surface area contributed by atoms with Crippen molar-refractivity contribution >= 4 is 17.9 Å². The van der Waals surface area contributed by atoms with Crippen LogP contribution in [0.4, 0.5) is 0 Å². The molecule has 0 spiro atoms. The predicted molar refractivity (Wildman–Crippen MR) is 48.6 cm³/mol. The number of carbonyl (C=O) groups is 3. The van der Waals surface area contributed by atoms with Gasteiger partial charge in [-0.3, -0.25) is 9.59 Å². The first kappa shape index (κ1) is 13.4. The van der Waals surface area contributed by atoms with Gasteiger partial charge >= 0.3 is 24.2 Å². The van der Waals surface area contributed by atoms with Gasteiger partial charge in [0.1, 0.15) is 0 Å². The van der Waals surface area contributed by atoms with Crippen LogP contribution in [0.15, 0.2) is 0 Å². The summed E-state index contributed by atoms with van der Waals surface area (Å²) in [5.41, 5.74) is 0. The average Bonchev–Trinajstić information content (AvgIpc) is 2.11. The highest BCUT2D eigenvalue weighted by Crippen LogP contribution is 2.00. The molecule has 15 heavy (non-hydrogen) atoms. The summed E-state index contributed by atoms with van der Waals surface area (Å²) in [5, 5.41) is 0. The molecule has 0 aliphatic rings. The Bertz CT molecular complexity index is 231. The number of ether oxygens (including phenoxy) is 3. The van der Waals surface area contributed by atoms with Crippen molar-refractivity contribution < 1.29 is 28.6 Å². The molecule has 0 aliphatic carbocycles. The fourth-order valence-electron chi connectivity index (χ4n) is 0.692. The summed E-state index contributed by atoms with van der Waals surface area (Å²) in [7, 11) is 0. The second kappa shape index (κ2) is 6.80. The fourth-order valence-corrected chi connectivity index (χ4v) is 0.692. The van der Waals surface area contributed by atoms with Crippen molar-refractivity contribution in [3.8, 4) is 0 Å². The van der Waals surface area contributed by atoms with Crippen LogP contribution in [-0.2, 0) is 28.6 Å². The van der Waals surface area contributed by atoms with Gasteiger partial charge in [0.2, 0.25) is 0 Å². The lowest BCUT2D eigenvalue weighted by Crippen LogP contribution is -2.32. The van der Waals surface area contributed by atoms with E-state index in [4.69, 9.17) is 0 Å². The first-order chi connectivity index (χ1) is 6.97. The SMILES string of the molecule is CCCOC(=O)C(OC(C)=O)OC(C)=O. The summed E-state index contributed by atoms with van der Waals surface area (Å²) in [6.45, 7) is 4.19. The normalized spacial score (nSPS) is 9.60. The van der Waals surface area contributed by atoms with Gasteiger partial charge in [0.15, 0.2) is 0 Å². The number of hydrogen-bond donors (Lipinski definition) is 0. The molecular formula is C9H14O6. The minimum absolute atomic E-state index is 0.178. The molecule has 0 aromatic rings. The number of esters is 3. The van der Waals surface area contributed by atoms with Gasteiger partial charge < -0.3 is 14.2 Å². The molecule has 0 saturated heterocycles. The molecule has 86 valence electrons. The first-order valence-electron chi connectivity index (χ1n) is 4.48. The largest absolute Gasteiger partial charge is 0.460 e.